The lowest BCUT2D eigenvalue weighted by atomic mass is 9.67. The number of carbonyl (C=O) groups excluding carboxylic acids is 2. The molecule has 0 unspecified atom stereocenters. The quantitative estimate of drug-likeness (QED) is 0.0266. The first-order valence-electron chi connectivity index (χ1n) is 31.9. The molecule has 3 atom stereocenters. The lowest BCUT2D eigenvalue weighted by molar-refractivity contribution is -0.151. The largest absolute Gasteiger partial charge is 0.462 e. The van der Waals surface area contributed by atoms with Crippen LogP contribution in [0.3, 0.4) is 0 Å². The molecule has 80 heavy (non-hydrogen) atoms. The van der Waals surface area contributed by atoms with E-state index in [9.17, 15) is 9.59 Å². The first-order valence-corrected chi connectivity index (χ1v) is 31.9. The molecule has 0 aliphatic heterocycles. The summed E-state index contributed by atoms with van der Waals surface area (Å²) in [5.74, 6) is 0.180. The van der Waals surface area contributed by atoms with Gasteiger partial charge in [0.05, 0.1) is 0 Å². The Hall–Kier alpha value is -4.96. The van der Waals surface area contributed by atoms with Gasteiger partial charge in [-0.05, 0) is 154 Å². The third kappa shape index (κ3) is 35.0. The van der Waals surface area contributed by atoms with Gasteiger partial charge in [-0.15, -0.1) is 0 Å². The van der Waals surface area contributed by atoms with Crippen LogP contribution in [0.4, 0.5) is 0 Å². The molecule has 0 bridgehead atoms. The molecule has 0 saturated heterocycles. The van der Waals surface area contributed by atoms with E-state index in [1.165, 1.54) is 129 Å². The highest BCUT2D eigenvalue weighted by Gasteiger charge is 2.37. The Morgan fingerprint density at radius 3 is 1.41 bits per heavy atom. The summed E-state index contributed by atoms with van der Waals surface area (Å²) in [6, 6.07) is 0. The van der Waals surface area contributed by atoms with Crippen LogP contribution in [0.5, 0.6) is 0 Å². The van der Waals surface area contributed by atoms with E-state index in [-0.39, 0.29) is 40.9 Å². The van der Waals surface area contributed by atoms with E-state index in [1.807, 2.05) is 0 Å². The molecule has 0 N–H and O–H groups in total. The molecule has 0 aromatic rings. The number of hydrogen-bond donors (Lipinski definition) is 0. The molecule has 0 heterocycles. The van der Waals surface area contributed by atoms with Crippen LogP contribution in [-0.4, -0.2) is 24.1 Å². The third-order valence-electron chi connectivity index (χ3n) is 15.5. The molecule has 0 spiro atoms. The van der Waals surface area contributed by atoms with Gasteiger partial charge in [-0.1, -0.05) is 273 Å². The summed E-state index contributed by atoms with van der Waals surface area (Å²) in [4.78, 5) is 25.6. The van der Waals surface area contributed by atoms with Crippen molar-refractivity contribution >= 4 is 11.9 Å². The number of allylic oxidation sites excluding steroid dienone is 28. The minimum Gasteiger partial charge on any atom is -0.462 e. The van der Waals surface area contributed by atoms with Crippen LogP contribution in [0.15, 0.2) is 179 Å². The number of esters is 2. The minimum atomic E-state index is -0.157. The Morgan fingerprint density at radius 1 is 0.512 bits per heavy atom. The highest BCUT2D eigenvalue weighted by atomic mass is 16.5. The van der Waals surface area contributed by atoms with Gasteiger partial charge in [0.25, 0.3) is 0 Å². The Morgan fingerprint density at radius 2 is 0.938 bits per heavy atom. The predicted octanol–water partition coefficient (Wildman–Crippen LogP) is 23.1. The fourth-order valence-electron chi connectivity index (χ4n) is 10.9. The van der Waals surface area contributed by atoms with Crippen molar-refractivity contribution in [3.63, 3.8) is 0 Å². The molecule has 2 aliphatic carbocycles. The molecule has 2 aliphatic rings. The zero-order chi connectivity index (χ0) is 58.7. The molecule has 0 aromatic carbocycles. The second-order valence-electron chi connectivity index (χ2n) is 24.6. The molecule has 4 heteroatoms. The van der Waals surface area contributed by atoms with Gasteiger partial charge in [-0.3, -0.25) is 9.59 Å². The highest BCUT2D eigenvalue weighted by Crippen LogP contribution is 2.44. The molecule has 0 fully saturated rings. The van der Waals surface area contributed by atoms with Crippen molar-refractivity contribution in [2.24, 2.45) is 16.7 Å². The zero-order valence-corrected chi connectivity index (χ0v) is 53.2. The maximum atomic E-state index is 12.8. The summed E-state index contributed by atoms with van der Waals surface area (Å²) in [6.45, 7) is 26.5. The lowest BCUT2D eigenvalue weighted by Crippen LogP contribution is -2.34. The number of hydrogen-bond acceptors (Lipinski definition) is 4. The second kappa shape index (κ2) is 43.7. The van der Waals surface area contributed by atoms with E-state index in [2.05, 4.69) is 223 Å². The van der Waals surface area contributed by atoms with Crippen molar-refractivity contribution in [1.82, 2.24) is 0 Å². The van der Waals surface area contributed by atoms with Crippen molar-refractivity contribution in [2.45, 2.75) is 269 Å². The second-order valence-corrected chi connectivity index (χ2v) is 24.6. The minimum absolute atomic E-state index is 0.0171. The molecular formula is C76H116O4. The van der Waals surface area contributed by atoms with Crippen molar-refractivity contribution in [2.75, 3.05) is 0 Å². The van der Waals surface area contributed by atoms with Gasteiger partial charge in [0.2, 0.25) is 0 Å². The van der Waals surface area contributed by atoms with Gasteiger partial charge in [0.15, 0.2) is 0 Å². The summed E-state index contributed by atoms with van der Waals surface area (Å²) in [6.07, 6.45) is 80.1. The summed E-state index contributed by atoms with van der Waals surface area (Å²) >= 11 is 0. The maximum Gasteiger partial charge on any atom is 0.306 e. The van der Waals surface area contributed by atoms with E-state index < -0.39 is 0 Å². The standard InChI is InChI=1S/C76H116O4/c1-13-15-17-19-21-23-25-27-29-31-33-35-37-39-41-53-73(77)79-69-59-67(7)71(75(9,10)61-69)57-55-65(5)51-45-49-63(3)47-43-44-48-64(4)50-46-52-66(6)56-58-72-68(8)60-70(62-76(72,11)12)80-74(78)54-42-40-38-36-34-32-30-28-26-24-22-20-18-16-14-2/h21-24,27-30,43-52,55-59,69-71H,13-20,25-26,31-42,53-54,60-62H2,1-12H3/b23-21-,24-22-,29-27-,30-28-,44-43+,49-45+,50-46+,57-55+,58-56+,63-47+,64-48+,65-51+,66-52+/t69-,70+,71-/m0/s1. The number of unbranched alkanes of at least 4 members (excludes halogenated alkanes) is 16. The smallest absolute Gasteiger partial charge is 0.306 e. The lowest BCUT2D eigenvalue weighted by Gasteiger charge is -2.40. The highest BCUT2D eigenvalue weighted by molar-refractivity contribution is 5.70. The van der Waals surface area contributed by atoms with Crippen LogP contribution in [0.2, 0.25) is 0 Å². The topological polar surface area (TPSA) is 52.6 Å². The molecule has 0 saturated carbocycles. The first-order chi connectivity index (χ1) is 38.5. The summed E-state index contributed by atoms with van der Waals surface area (Å²) in [7, 11) is 0. The Bertz CT molecular complexity index is 2240. The number of carbonyl (C=O) groups is 2. The molecule has 0 aromatic heterocycles. The summed E-state index contributed by atoms with van der Waals surface area (Å²) < 4.78 is 12.0. The molecular weight excluding hydrogens is 977 g/mol. The summed E-state index contributed by atoms with van der Waals surface area (Å²) in [5.41, 5.74) is 8.57. The van der Waals surface area contributed by atoms with Gasteiger partial charge < -0.3 is 9.47 Å². The van der Waals surface area contributed by atoms with Gasteiger partial charge in [-0.2, -0.15) is 0 Å². The summed E-state index contributed by atoms with van der Waals surface area (Å²) in [5, 5.41) is 0. The van der Waals surface area contributed by atoms with Crippen molar-refractivity contribution in [3.8, 4) is 0 Å². The van der Waals surface area contributed by atoms with Gasteiger partial charge >= 0.3 is 11.9 Å². The average molecular weight is 1090 g/mol. The van der Waals surface area contributed by atoms with Crippen LogP contribution in [0.1, 0.15) is 256 Å². The van der Waals surface area contributed by atoms with Crippen LogP contribution < -0.4 is 0 Å². The van der Waals surface area contributed by atoms with E-state index in [0.717, 1.165) is 70.6 Å². The first kappa shape index (κ1) is 71.1. The SMILES string of the molecule is CCCCC/C=C\C/C=C\CCCCCCCC(=O)O[C@@H]1CC(C)=C(/C=C/C(C)=C/C=C/C(C)=C/C=C/C=C(C)/C=C/C=C(C)/C=C/[C@H]2C(C)=C[C@H](OC(=O)CCCCCCC/C=C\C/C=C\CCCCC)CC2(C)C)C(C)(C)C1. The van der Waals surface area contributed by atoms with Crippen LogP contribution >= 0.6 is 0 Å². The van der Waals surface area contributed by atoms with E-state index >= 15 is 0 Å². The third-order valence-corrected chi connectivity index (χ3v) is 15.5. The fourth-order valence-corrected chi connectivity index (χ4v) is 10.9. The van der Waals surface area contributed by atoms with Crippen LogP contribution in [0, 0.1) is 16.7 Å². The maximum absolute atomic E-state index is 12.8. The van der Waals surface area contributed by atoms with Crippen LogP contribution in [0.25, 0.3) is 0 Å². The molecule has 0 radical (unpaired) electrons. The van der Waals surface area contributed by atoms with Crippen molar-refractivity contribution in [1.29, 1.82) is 0 Å². The monoisotopic (exact) mass is 1090 g/mol. The average Bonchev–Trinajstić information content (AvgIpc) is 3.40. The van der Waals surface area contributed by atoms with Gasteiger partial charge in [0.1, 0.15) is 12.2 Å². The van der Waals surface area contributed by atoms with Crippen LogP contribution in [-0.2, 0) is 19.1 Å². The zero-order valence-electron chi connectivity index (χ0n) is 53.2. The number of rotatable bonds is 40. The molecule has 0 amide bonds. The molecule has 2 rings (SSSR count). The molecule has 4 nitrogen and oxygen atoms in total. The Balaban J connectivity index is 1.72. The van der Waals surface area contributed by atoms with Crippen molar-refractivity contribution in [3.05, 3.63) is 179 Å². The van der Waals surface area contributed by atoms with Gasteiger partial charge in [0, 0.05) is 25.2 Å². The van der Waals surface area contributed by atoms with E-state index in [0.29, 0.717) is 12.8 Å². The van der Waals surface area contributed by atoms with E-state index in [1.54, 1.807) is 0 Å². The Kier molecular flexibility index (Phi) is 38.9. The normalized spacial score (nSPS) is 19.9. The number of ether oxygens (including phenoxy) is 2. The Labute approximate surface area is 492 Å². The fraction of sp³-hybridized carbons (Fsp3) is 0.579. The van der Waals surface area contributed by atoms with Gasteiger partial charge in [-0.25, -0.2) is 0 Å². The predicted molar refractivity (Wildman–Crippen MR) is 351 cm³/mol. The molecule has 444 valence electrons. The van der Waals surface area contributed by atoms with E-state index in [4.69, 9.17) is 9.47 Å². The van der Waals surface area contributed by atoms with Crippen molar-refractivity contribution < 1.29 is 19.1 Å².